The maximum absolute atomic E-state index is 12.0. The van der Waals surface area contributed by atoms with E-state index >= 15 is 0 Å². The van der Waals surface area contributed by atoms with Gasteiger partial charge in [-0.2, -0.15) is 5.10 Å². The van der Waals surface area contributed by atoms with E-state index in [4.69, 9.17) is 13.9 Å². The Morgan fingerprint density at radius 3 is 2.96 bits per heavy atom. The van der Waals surface area contributed by atoms with E-state index in [0.717, 1.165) is 15.6 Å². The summed E-state index contributed by atoms with van der Waals surface area (Å²) >= 11 is 4.65. The second-order valence-corrected chi connectivity index (χ2v) is 7.28. The van der Waals surface area contributed by atoms with Crippen LogP contribution in [0.5, 0.6) is 11.5 Å². The number of hydrogen-bond acceptors (Lipinski definition) is 7. The van der Waals surface area contributed by atoms with Gasteiger partial charge in [0.2, 0.25) is 0 Å². The summed E-state index contributed by atoms with van der Waals surface area (Å²) in [6.07, 6.45) is 1.54. The number of nitrogens with one attached hydrogen (secondary N) is 1. The zero-order valence-electron chi connectivity index (χ0n) is 15.3. The number of rotatable bonds is 8. The van der Waals surface area contributed by atoms with Gasteiger partial charge in [-0.15, -0.1) is 0 Å². The fourth-order valence-corrected chi connectivity index (χ4v) is 3.63. The minimum Gasteiger partial charge on any atom is -0.492 e. The van der Waals surface area contributed by atoms with E-state index in [0.29, 0.717) is 28.9 Å². The van der Waals surface area contributed by atoms with Crippen molar-refractivity contribution in [1.82, 2.24) is 10.4 Å². The second-order valence-electron chi connectivity index (χ2n) is 5.50. The first-order valence-electron chi connectivity index (χ1n) is 8.41. The number of hydrazone groups is 1. The molecule has 0 saturated heterocycles. The summed E-state index contributed by atoms with van der Waals surface area (Å²) in [6, 6.07) is 11.1. The molecule has 0 atom stereocenters. The van der Waals surface area contributed by atoms with Gasteiger partial charge >= 0.3 is 0 Å². The number of ether oxygens (including phenoxy) is 2. The molecule has 0 fully saturated rings. The molecule has 28 heavy (non-hydrogen) atoms. The lowest BCUT2D eigenvalue weighted by Crippen LogP contribution is -2.19. The van der Waals surface area contributed by atoms with Crippen molar-refractivity contribution >= 4 is 50.9 Å². The molecule has 0 aliphatic heterocycles. The number of methoxy groups -OCH3 is 1. The number of fused-ring (bicyclic) bond motifs is 1. The van der Waals surface area contributed by atoms with Crippen molar-refractivity contribution in [3.63, 3.8) is 0 Å². The molecular formula is C19H18BrN3O4S. The lowest BCUT2D eigenvalue weighted by molar-refractivity contribution is -0.118. The molecule has 1 N–H and O–H groups in total. The van der Waals surface area contributed by atoms with Crippen LogP contribution in [0.1, 0.15) is 12.5 Å². The lowest BCUT2D eigenvalue weighted by Gasteiger charge is -2.11. The van der Waals surface area contributed by atoms with Crippen LogP contribution >= 0.6 is 27.7 Å². The van der Waals surface area contributed by atoms with E-state index in [-0.39, 0.29) is 11.7 Å². The van der Waals surface area contributed by atoms with Crippen LogP contribution in [0.3, 0.4) is 0 Å². The van der Waals surface area contributed by atoms with Crippen molar-refractivity contribution in [3.05, 3.63) is 46.4 Å². The van der Waals surface area contributed by atoms with E-state index in [1.54, 1.807) is 13.2 Å². The van der Waals surface area contributed by atoms with Crippen molar-refractivity contribution in [2.24, 2.45) is 5.10 Å². The third-order valence-electron chi connectivity index (χ3n) is 3.54. The number of carbonyl (C=O) groups is 1. The third kappa shape index (κ3) is 5.05. The van der Waals surface area contributed by atoms with Gasteiger partial charge in [-0.3, -0.25) is 4.79 Å². The summed E-state index contributed by atoms with van der Waals surface area (Å²) < 4.78 is 17.2. The van der Waals surface area contributed by atoms with Gasteiger partial charge < -0.3 is 13.9 Å². The van der Waals surface area contributed by atoms with Crippen molar-refractivity contribution in [3.8, 4) is 11.5 Å². The molecule has 0 saturated carbocycles. The van der Waals surface area contributed by atoms with Crippen LogP contribution in [0.15, 0.2) is 55.6 Å². The van der Waals surface area contributed by atoms with Gasteiger partial charge in [-0.05, 0) is 52.7 Å². The fraction of sp³-hybridized carbons (Fsp3) is 0.211. The van der Waals surface area contributed by atoms with Crippen LogP contribution in [0.4, 0.5) is 0 Å². The molecule has 9 heteroatoms. The van der Waals surface area contributed by atoms with E-state index in [1.165, 1.54) is 18.0 Å². The summed E-state index contributed by atoms with van der Waals surface area (Å²) in [5.74, 6) is 1.08. The zero-order valence-corrected chi connectivity index (χ0v) is 17.7. The van der Waals surface area contributed by atoms with Gasteiger partial charge in [-0.25, -0.2) is 10.4 Å². The molecule has 3 rings (SSSR count). The fourth-order valence-electron chi connectivity index (χ4n) is 2.37. The number of hydrogen-bond donors (Lipinski definition) is 1. The van der Waals surface area contributed by atoms with Gasteiger partial charge in [0, 0.05) is 0 Å². The van der Waals surface area contributed by atoms with Gasteiger partial charge in [0.1, 0.15) is 5.52 Å². The standard InChI is InChI=1S/C19H18BrN3O4S/c1-3-26-16-9-12(8-13(20)18(16)25-2)10-21-23-17(24)11-28-19-22-14-6-4-5-7-15(14)27-19/h4-10H,3,11H2,1-2H3,(H,23,24)/b21-10-. The number of amides is 1. The second kappa shape index (κ2) is 9.61. The summed E-state index contributed by atoms with van der Waals surface area (Å²) in [5.41, 5.74) is 4.70. The summed E-state index contributed by atoms with van der Waals surface area (Å²) in [7, 11) is 1.57. The first-order chi connectivity index (χ1) is 13.6. The first kappa shape index (κ1) is 20.2. The minimum absolute atomic E-state index is 0.140. The Morgan fingerprint density at radius 1 is 1.39 bits per heavy atom. The van der Waals surface area contributed by atoms with Crippen molar-refractivity contribution in [2.45, 2.75) is 12.1 Å². The zero-order chi connectivity index (χ0) is 19.9. The molecule has 1 heterocycles. The smallest absolute Gasteiger partial charge is 0.257 e. The van der Waals surface area contributed by atoms with Crippen LogP contribution in [0.2, 0.25) is 0 Å². The average molecular weight is 464 g/mol. The maximum atomic E-state index is 12.0. The number of aromatic nitrogens is 1. The van der Waals surface area contributed by atoms with E-state index in [2.05, 4.69) is 31.4 Å². The topological polar surface area (TPSA) is 86.0 Å². The largest absolute Gasteiger partial charge is 0.492 e. The molecule has 3 aromatic rings. The Bertz CT molecular complexity index is 973. The average Bonchev–Trinajstić information content (AvgIpc) is 3.09. The van der Waals surface area contributed by atoms with Crippen LogP contribution in [-0.2, 0) is 4.79 Å². The monoisotopic (exact) mass is 463 g/mol. The van der Waals surface area contributed by atoms with Crippen molar-refractivity contribution in [1.29, 1.82) is 0 Å². The summed E-state index contributed by atoms with van der Waals surface area (Å²) in [4.78, 5) is 16.3. The molecule has 0 radical (unpaired) electrons. The Kier molecular flexibility index (Phi) is 6.94. The van der Waals surface area contributed by atoms with Gasteiger partial charge in [0.25, 0.3) is 11.1 Å². The number of halogens is 1. The molecule has 0 spiro atoms. The summed E-state index contributed by atoms with van der Waals surface area (Å²) in [5, 5.41) is 4.43. The molecule has 1 amide bonds. The highest BCUT2D eigenvalue weighted by molar-refractivity contribution is 9.10. The Hall–Kier alpha value is -2.52. The molecule has 7 nitrogen and oxygen atoms in total. The predicted molar refractivity (Wildman–Crippen MR) is 112 cm³/mol. The Balaban J connectivity index is 1.57. The molecule has 1 aromatic heterocycles. The van der Waals surface area contributed by atoms with Crippen LogP contribution in [0, 0.1) is 0 Å². The maximum Gasteiger partial charge on any atom is 0.257 e. The number of nitrogens with zero attached hydrogens (tertiary/aromatic N) is 2. The van der Waals surface area contributed by atoms with E-state index in [1.807, 2.05) is 37.3 Å². The highest BCUT2D eigenvalue weighted by atomic mass is 79.9. The highest BCUT2D eigenvalue weighted by Crippen LogP contribution is 2.36. The van der Waals surface area contributed by atoms with Gasteiger partial charge in [0.15, 0.2) is 17.1 Å². The molecule has 0 bridgehead atoms. The molecule has 2 aromatic carbocycles. The molecule has 0 aliphatic rings. The lowest BCUT2D eigenvalue weighted by atomic mass is 10.2. The van der Waals surface area contributed by atoms with Gasteiger partial charge in [-0.1, -0.05) is 23.9 Å². The predicted octanol–water partition coefficient (Wildman–Crippen LogP) is 4.24. The van der Waals surface area contributed by atoms with E-state index < -0.39 is 0 Å². The molecular weight excluding hydrogens is 446 g/mol. The van der Waals surface area contributed by atoms with Crippen molar-refractivity contribution < 1.29 is 18.7 Å². The van der Waals surface area contributed by atoms with E-state index in [9.17, 15) is 4.79 Å². The van der Waals surface area contributed by atoms with Crippen LogP contribution < -0.4 is 14.9 Å². The number of carbonyl (C=O) groups excluding carboxylic acids is 1. The van der Waals surface area contributed by atoms with Crippen LogP contribution in [0.25, 0.3) is 11.1 Å². The number of para-hydroxylation sites is 2. The Morgan fingerprint density at radius 2 is 2.21 bits per heavy atom. The summed E-state index contributed by atoms with van der Waals surface area (Å²) in [6.45, 7) is 2.40. The first-order valence-corrected chi connectivity index (χ1v) is 10.2. The highest BCUT2D eigenvalue weighted by Gasteiger charge is 2.11. The van der Waals surface area contributed by atoms with Crippen LogP contribution in [-0.4, -0.2) is 36.6 Å². The van der Waals surface area contributed by atoms with Gasteiger partial charge in [0.05, 0.1) is 30.2 Å². The Labute approximate surface area is 174 Å². The minimum atomic E-state index is -0.263. The van der Waals surface area contributed by atoms with Crippen molar-refractivity contribution in [2.75, 3.05) is 19.5 Å². The number of oxazole rings is 1. The molecule has 0 aliphatic carbocycles. The quantitative estimate of drug-likeness (QED) is 0.305. The third-order valence-corrected chi connectivity index (χ3v) is 4.96. The molecule has 0 unspecified atom stereocenters. The normalized spacial score (nSPS) is 11.1. The number of benzene rings is 2. The SMILES string of the molecule is CCOc1cc(/C=N\NC(=O)CSc2nc3ccccc3o2)cc(Br)c1OC. The number of thioether (sulfide) groups is 1. The molecule has 146 valence electrons.